The Morgan fingerprint density at radius 3 is 2.90 bits per heavy atom. The third kappa shape index (κ3) is 6.21. The van der Waals surface area contributed by atoms with Crippen molar-refractivity contribution in [1.82, 2.24) is 5.32 Å². The summed E-state index contributed by atoms with van der Waals surface area (Å²) in [6.07, 6.45) is 3.70. The summed E-state index contributed by atoms with van der Waals surface area (Å²) >= 11 is 0. The van der Waals surface area contributed by atoms with Gasteiger partial charge in [-0.05, 0) is 38.5 Å². The largest absolute Gasteiger partial charge is 0.497 e. The van der Waals surface area contributed by atoms with Crippen molar-refractivity contribution in [3.8, 4) is 11.8 Å². The number of nitrogens with zero attached hydrogens (tertiary/aromatic N) is 1. The van der Waals surface area contributed by atoms with Gasteiger partial charge in [0.05, 0.1) is 37.4 Å². The van der Waals surface area contributed by atoms with Crippen LogP contribution in [0.1, 0.15) is 57.2 Å². The van der Waals surface area contributed by atoms with Gasteiger partial charge in [0.1, 0.15) is 35.8 Å². The molecule has 1 aliphatic rings. The van der Waals surface area contributed by atoms with Gasteiger partial charge in [-0.1, -0.05) is 13.3 Å². The van der Waals surface area contributed by atoms with Crippen molar-refractivity contribution in [3.05, 3.63) is 41.3 Å². The van der Waals surface area contributed by atoms with E-state index in [9.17, 15) is 15.2 Å². The van der Waals surface area contributed by atoms with E-state index < -0.39 is 17.7 Å². The molecule has 7 nitrogen and oxygen atoms in total. The van der Waals surface area contributed by atoms with Gasteiger partial charge in [0.25, 0.3) is 0 Å². The maximum absolute atomic E-state index is 10.9. The molecule has 0 saturated heterocycles. The number of carbonyl (C=O) groups is 1. The number of aliphatic hydroxyl groups is 1. The molecule has 0 aliphatic carbocycles. The SMILES string of the molecule is CCCCO/C(=C\OCCC=O)CNC1c2cc(C#N)ccc2OC(C)(C)C1O. The van der Waals surface area contributed by atoms with E-state index >= 15 is 0 Å². The first-order chi connectivity index (χ1) is 13.9. The number of aliphatic hydroxyl groups excluding tert-OH is 1. The summed E-state index contributed by atoms with van der Waals surface area (Å²) in [5.74, 6) is 1.22. The van der Waals surface area contributed by atoms with E-state index in [1.807, 2.05) is 13.8 Å². The Hall–Kier alpha value is -2.56. The number of rotatable bonds is 11. The van der Waals surface area contributed by atoms with E-state index in [1.54, 1.807) is 18.2 Å². The fourth-order valence-corrected chi connectivity index (χ4v) is 3.04. The van der Waals surface area contributed by atoms with Crippen LogP contribution in [0.25, 0.3) is 0 Å². The molecule has 0 saturated carbocycles. The van der Waals surface area contributed by atoms with Gasteiger partial charge in [0.15, 0.2) is 0 Å². The van der Waals surface area contributed by atoms with Crippen molar-refractivity contribution in [1.29, 1.82) is 5.26 Å². The molecule has 2 N–H and O–H groups in total. The van der Waals surface area contributed by atoms with Crippen LogP contribution in [0.2, 0.25) is 0 Å². The molecule has 0 bridgehead atoms. The zero-order valence-corrected chi connectivity index (χ0v) is 17.3. The van der Waals surface area contributed by atoms with E-state index in [1.165, 1.54) is 6.26 Å². The Balaban J connectivity index is 2.17. The average molecular weight is 402 g/mol. The molecule has 0 amide bonds. The maximum atomic E-state index is 10.9. The smallest absolute Gasteiger partial charge is 0.144 e. The number of ether oxygens (including phenoxy) is 3. The summed E-state index contributed by atoms with van der Waals surface area (Å²) in [5, 5.41) is 23.4. The molecule has 1 aliphatic heterocycles. The Labute approximate surface area is 172 Å². The number of hydrogen-bond acceptors (Lipinski definition) is 7. The molecular weight excluding hydrogens is 372 g/mol. The summed E-state index contributed by atoms with van der Waals surface area (Å²) in [5.41, 5.74) is 0.426. The summed E-state index contributed by atoms with van der Waals surface area (Å²) in [6, 6.07) is 6.86. The number of nitrogens with one attached hydrogen (secondary N) is 1. The second-order valence-corrected chi connectivity index (χ2v) is 7.49. The monoisotopic (exact) mass is 402 g/mol. The van der Waals surface area contributed by atoms with Crippen LogP contribution in [0.5, 0.6) is 5.75 Å². The molecule has 1 aromatic rings. The first-order valence-corrected chi connectivity index (χ1v) is 9.94. The van der Waals surface area contributed by atoms with Crippen LogP contribution >= 0.6 is 0 Å². The Bertz CT molecular complexity index is 754. The van der Waals surface area contributed by atoms with Gasteiger partial charge in [-0.15, -0.1) is 0 Å². The maximum Gasteiger partial charge on any atom is 0.144 e. The topological polar surface area (TPSA) is 101 Å². The van der Waals surface area contributed by atoms with Crippen molar-refractivity contribution in [2.45, 2.75) is 57.8 Å². The molecule has 2 unspecified atom stereocenters. The van der Waals surface area contributed by atoms with Gasteiger partial charge in [-0.25, -0.2) is 0 Å². The highest BCUT2D eigenvalue weighted by atomic mass is 16.5. The van der Waals surface area contributed by atoms with Gasteiger partial charge in [-0.2, -0.15) is 5.26 Å². The highest BCUT2D eigenvalue weighted by molar-refractivity contribution is 5.49. The molecule has 7 heteroatoms. The lowest BCUT2D eigenvalue weighted by Crippen LogP contribution is -2.52. The van der Waals surface area contributed by atoms with Gasteiger partial charge >= 0.3 is 0 Å². The summed E-state index contributed by atoms with van der Waals surface area (Å²) in [6.45, 7) is 6.88. The molecule has 0 aromatic heterocycles. The van der Waals surface area contributed by atoms with Crippen LogP contribution in [-0.2, 0) is 14.3 Å². The van der Waals surface area contributed by atoms with Crippen LogP contribution in [0, 0.1) is 11.3 Å². The molecule has 2 rings (SSSR count). The van der Waals surface area contributed by atoms with Crippen LogP contribution < -0.4 is 10.1 Å². The predicted octanol–water partition coefficient (Wildman–Crippen LogP) is 2.98. The third-order valence-electron chi connectivity index (χ3n) is 4.72. The number of fused-ring (bicyclic) bond motifs is 1. The summed E-state index contributed by atoms with van der Waals surface area (Å²) in [7, 11) is 0. The number of benzene rings is 1. The Kier molecular flexibility index (Phi) is 8.50. The van der Waals surface area contributed by atoms with Crippen molar-refractivity contribution in [3.63, 3.8) is 0 Å². The highest BCUT2D eigenvalue weighted by Gasteiger charge is 2.42. The first-order valence-electron chi connectivity index (χ1n) is 9.94. The summed E-state index contributed by atoms with van der Waals surface area (Å²) < 4.78 is 17.1. The minimum Gasteiger partial charge on any atom is -0.497 e. The molecule has 1 heterocycles. The van der Waals surface area contributed by atoms with Crippen molar-refractivity contribution < 1.29 is 24.1 Å². The van der Waals surface area contributed by atoms with Gasteiger partial charge in [0, 0.05) is 12.0 Å². The molecule has 2 atom stereocenters. The Morgan fingerprint density at radius 1 is 1.41 bits per heavy atom. The molecule has 0 spiro atoms. The lowest BCUT2D eigenvalue weighted by molar-refractivity contribution is -0.108. The van der Waals surface area contributed by atoms with Gasteiger partial charge in [-0.3, -0.25) is 0 Å². The number of hydrogen-bond donors (Lipinski definition) is 2. The second-order valence-electron chi connectivity index (χ2n) is 7.49. The van der Waals surface area contributed by atoms with E-state index in [0.29, 0.717) is 36.6 Å². The third-order valence-corrected chi connectivity index (χ3v) is 4.72. The van der Waals surface area contributed by atoms with Crippen LogP contribution in [0.15, 0.2) is 30.2 Å². The predicted molar refractivity (Wildman–Crippen MR) is 108 cm³/mol. The van der Waals surface area contributed by atoms with Crippen LogP contribution in [-0.4, -0.2) is 42.9 Å². The van der Waals surface area contributed by atoms with Crippen molar-refractivity contribution in [2.75, 3.05) is 19.8 Å². The van der Waals surface area contributed by atoms with Gasteiger partial charge < -0.3 is 29.4 Å². The normalized spacial score (nSPS) is 20.2. The minimum atomic E-state index is -0.836. The molecule has 0 fully saturated rings. The lowest BCUT2D eigenvalue weighted by atomic mass is 9.86. The minimum absolute atomic E-state index is 0.283. The zero-order chi connectivity index (χ0) is 21.3. The number of aldehydes is 1. The lowest BCUT2D eigenvalue weighted by Gasteiger charge is -2.42. The molecular formula is C22H30N2O5. The Morgan fingerprint density at radius 2 is 2.21 bits per heavy atom. The average Bonchev–Trinajstić information content (AvgIpc) is 2.70. The van der Waals surface area contributed by atoms with E-state index in [-0.39, 0.29) is 6.61 Å². The zero-order valence-electron chi connectivity index (χ0n) is 17.3. The summed E-state index contributed by atoms with van der Waals surface area (Å²) in [4.78, 5) is 10.5. The fourth-order valence-electron chi connectivity index (χ4n) is 3.04. The number of nitriles is 1. The standard InChI is InChI=1S/C22H30N2O5/c1-4-5-11-28-17(15-27-10-6-9-25)14-24-20-18-12-16(13-23)7-8-19(18)29-22(2,3)21(20)26/h7-9,12,15,20-21,24,26H,4-6,10-11,14H2,1-3H3/b17-15-. The number of carbonyl (C=O) groups excluding carboxylic acids is 1. The molecule has 158 valence electrons. The van der Waals surface area contributed by atoms with Crippen LogP contribution in [0.3, 0.4) is 0 Å². The van der Waals surface area contributed by atoms with Gasteiger partial charge in [0.2, 0.25) is 0 Å². The fraction of sp³-hybridized carbons (Fsp3) is 0.545. The molecule has 1 aromatic carbocycles. The van der Waals surface area contributed by atoms with Crippen molar-refractivity contribution in [2.24, 2.45) is 0 Å². The second kappa shape index (κ2) is 10.8. The molecule has 0 radical (unpaired) electrons. The number of unbranched alkanes of at least 4 members (excludes halogenated alkanes) is 1. The first kappa shape index (κ1) is 22.7. The van der Waals surface area contributed by atoms with E-state index in [0.717, 1.165) is 24.7 Å². The van der Waals surface area contributed by atoms with Crippen LogP contribution in [0.4, 0.5) is 0 Å². The quantitative estimate of drug-likeness (QED) is 0.333. The van der Waals surface area contributed by atoms with E-state index in [4.69, 9.17) is 14.2 Å². The molecule has 29 heavy (non-hydrogen) atoms. The highest BCUT2D eigenvalue weighted by Crippen LogP contribution is 2.40. The van der Waals surface area contributed by atoms with Crippen molar-refractivity contribution >= 4 is 6.29 Å². The van der Waals surface area contributed by atoms with E-state index in [2.05, 4.69) is 18.3 Å².